The minimum atomic E-state index is -3.47. The van der Waals surface area contributed by atoms with Gasteiger partial charge in [0.05, 0.1) is 4.90 Å². The third-order valence-corrected chi connectivity index (χ3v) is 4.31. The molecular formula is C14H24N2O3S. The Labute approximate surface area is 121 Å². The highest BCUT2D eigenvalue weighted by atomic mass is 32.2. The number of hydrogen-bond acceptors (Lipinski definition) is 4. The summed E-state index contributed by atoms with van der Waals surface area (Å²) in [5, 5.41) is 0. The van der Waals surface area contributed by atoms with E-state index >= 15 is 0 Å². The van der Waals surface area contributed by atoms with Crippen molar-refractivity contribution >= 4 is 10.0 Å². The molecule has 114 valence electrons. The Morgan fingerprint density at radius 3 is 2.30 bits per heavy atom. The van der Waals surface area contributed by atoms with Crippen molar-refractivity contribution in [3.05, 3.63) is 24.3 Å². The van der Waals surface area contributed by atoms with Gasteiger partial charge < -0.3 is 10.5 Å². The van der Waals surface area contributed by atoms with Crippen molar-refractivity contribution in [1.82, 2.24) is 4.72 Å². The van der Waals surface area contributed by atoms with Crippen LogP contribution < -0.4 is 15.2 Å². The number of rotatable bonds is 8. The standard InChI is InChI=1S/C14H24N2O3S/c1-11(2)10-12(3)16-20(17,18)14-6-4-13(5-7-14)19-9-8-15/h4-7,11-12,16H,8-10,15H2,1-3H3. The van der Waals surface area contributed by atoms with Gasteiger partial charge in [-0.3, -0.25) is 0 Å². The Morgan fingerprint density at radius 2 is 1.80 bits per heavy atom. The Balaban J connectivity index is 2.72. The zero-order chi connectivity index (χ0) is 15.2. The van der Waals surface area contributed by atoms with Crippen molar-refractivity contribution < 1.29 is 13.2 Å². The summed E-state index contributed by atoms with van der Waals surface area (Å²) < 4.78 is 32.3. The first kappa shape index (κ1) is 16.9. The van der Waals surface area contributed by atoms with E-state index in [0.29, 0.717) is 24.8 Å². The van der Waals surface area contributed by atoms with Gasteiger partial charge in [-0.15, -0.1) is 0 Å². The molecule has 0 spiro atoms. The van der Waals surface area contributed by atoms with Crippen LogP contribution in [0.25, 0.3) is 0 Å². The maximum absolute atomic E-state index is 12.2. The number of benzene rings is 1. The molecule has 1 rings (SSSR count). The minimum absolute atomic E-state index is 0.0897. The molecule has 1 aromatic carbocycles. The zero-order valence-corrected chi connectivity index (χ0v) is 13.1. The summed E-state index contributed by atoms with van der Waals surface area (Å²) in [6.45, 7) is 6.84. The largest absolute Gasteiger partial charge is 0.492 e. The second-order valence-corrected chi connectivity index (χ2v) is 6.97. The van der Waals surface area contributed by atoms with Crippen LogP contribution in [0, 0.1) is 5.92 Å². The molecule has 0 aromatic heterocycles. The molecule has 6 heteroatoms. The molecule has 5 nitrogen and oxygen atoms in total. The van der Waals surface area contributed by atoms with Crippen molar-refractivity contribution in [2.75, 3.05) is 13.2 Å². The molecule has 0 bridgehead atoms. The van der Waals surface area contributed by atoms with Gasteiger partial charge in [0, 0.05) is 12.6 Å². The molecule has 0 amide bonds. The zero-order valence-electron chi connectivity index (χ0n) is 12.3. The Bertz CT molecular complexity index is 498. The highest BCUT2D eigenvalue weighted by Gasteiger charge is 2.17. The molecule has 1 aromatic rings. The van der Waals surface area contributed by atoms with E-state index in [-0.39, 0.29) is 10.9 Å². The minimum Gasteiger partial charge on any atom is -0.492 e. The molecule has 0 aliphatic heterocycles. The van der Waals surface area contributed by atoms with Gasteiger partial charge in [0.2, 0.25) is 10.0 Å². The Kier molecular flexibility index (Phi) is 6.45. The van der Waals surface area contributed by atoms with Crippen LogP contribution in [0.1, 0.15) is 27.2 Å². The fourth-order valence-electron chi connectivity index (χ4n) is 1.98. The summed E-state index contributed by atoms with van der Waals surface area (Å²) in [4.78, 5) is 0.244. The second kappa shape index (κ2) is 7.61. The predicted molar refractivity (Wildman–Crippen MR) is 80.2 cm³/mol. The second-order valence-electron chi connectivity index (χ2n) is 5.26. The van der Waals surface area contributed by atoms with Crippen molar-refractivity contribution in [2.45, 2.75) is 38.1 Å². The van der Waals surface area contributed by atoms with Crippen LogP contribution in [0.3, 0.4) is 0 Å². The smallest absolute Gasteiger partial charge is 0.240 e. The molecular weight excluding hydrogens is 276 g/mol. The van der Waals surface area contributed by atoms with Gasteiger partial charge in [-0.2, -0.15) is 0 Å². The van der Waals surface area contributed by atoms with Crippen molar-refractivity contribution in [3.63, 3.8) is 0 Å². The lowest BCUT2D eigenvalue weighted by Crippen LogP contribution is -2.33. The third kappa shape index (κ3) is 5.48. The highest BCUT2D eigenvalue weighted by Crippen LogP contribution is 2.17. The van der Waals surface area contributed by atoms with Crippen molar-refractivity contribution in [2.24, 2.45) is 11.7 Å². The van der Waals surface area contributed by atoms with E-state index in [1.807, 2.05) is 6.92 Å². The number of nitrogens with two attached hydrogens (primary N) is 1. The van der Waals surface area contributed by atoms with E-state index in [2.05, 4.69) is 18.6 Å². The summed E-state index contributed by atoms with van der Waals surface area (Å²) in [6.07, 6.45) is 0.803. The normalized spacial score (nSPS) is 13.4. The lowest BCUT2D eigenvalue weighted by Gasteiger charge is -2.16. The fourth-order valence-corrected chi connectivity index (χ4v) is 3.24. The van der Waals surface area contributed by atoms with E-state index in [0.717, 1.165) is 6.42 Å². The average Bonchev–Trinajstić information content (AvgIpc) is 2.35. The van der Waals surface area contributed by atoms with Crippen LogP contribution in [-0.2, 0) is 10.0 Å². The molecule has 0 heterocycles. The maximum Gasteiger partial charge on any atom is 0.240 e. The van der Waals surface area contributed by atoms with Gasteiger partial charge in [0.15, 0.2) is 0 Å². The maximum atomic E-state index is 12.2. The number of nitrogens with one attached hydrogen (secondary N) is 1. The topological polar surface area (TPSA) is 81.4 Å². The summed E-state index contributed by atoms with van der Waals surface area (Å²) in [7, 11) is -3.47. The lowest BCUT2D eigenvalue weighted by molar-refractivity contribution is 0.328. The summed E-state index contributed by atoms with van der Waals surface area (Å²) in [5.41, 5.74) is 5.34. The Morgan fingerprint density at radius 1 is 1.20 bits per heavy atom. The van der Waals surface area contributed by atoms with Gasteiger partial charge in [-0.05, 0) is 43.5 Å². The van der Waals surface area contributed by atoms with Crippen LogP contribution in [-0.4, -0.2) is 27.6 Å². The fraction of sp³-hybridized carbons (Fsp3) is 0.571. The van der Waals surface area contributed by atoms with Crippen LogP contribution in [0.2, 0.25) is 0 Å². The molecule has 0 radical (unpaired) electrons. The quantitative estimate of drug-likeness (QED) is 0.766. The molecule has 20 heavy (non-hydrogen) atoms. The highest BCUT2D eigenvalue weighted by molar-refractivity contribution is 7.89. The summed E-state index contributed by atoms with van der Waals surface area (Å²) in [5.74, 6) is 1.06. The van der Waals surface area contributed by atoms with Crippen LogP contribution in [0.15, 0.2) is 29.2 Å². The SMILES string of the molecule is CC(C)CC(C)NS(=O)(=O)c1ccc(OCCN)cc1. The van der Waals surface area contributed by atoms with Gasteiger partial charge in [-0.25, -0.2) is 13.1 Å². The van der Waals surface area contributed by atoms with Gasteiger partial charge in [0.25, 0.3) is 0 Å². The molecule has 0 aliphatic rings. The van der Waals surface area contributed by atoms with Crippen LogP contribution >= 0.6 is 0 Å². The van der Waals surface area contributed by atoms with Gasteiger partial charge in [0.1, 0.15) is 12.4 Å². The van der Waals surface area contributed by atoms with Crippen molar-refractivity contribution in [1.29, 1.82) is 0 Å². The molecule has 0 saturated carbocycles. The number of ether oxygens (including phenoxy) is 1. The van der Waals surface area contributed by atoms with Crippen LogP contribution in [0.5, 0.6) is 5.75 Å². The van der Waals surface area contributed by atoms with E-state index in [4.69, 9.17) is 10.5 Å². The van der Waals surface area contributed by atoms with Gasteiger partial charge >= 0.3 is 0 Å². The molecule has 0 aliphatic carbocycles. The molecule has 3 N–H and O–H groups in total. The lowest BCUT2D eigenvalue weighted by atomic mass is 10.1. The Hall–Kier alpha value is -1.11. The van der Waals surface area contributed by atoms with E-state index in [9.17, 15) is 8.42 Å². The summed E-state index contributed by atoms with van der Waals surface area (Å²) >= 11 is 0. The summed E-state index contributed by atoms with van der Waals surface area (Å²) in [6, 6.07) is 6.26. The number of sulfonamides is 1. The molecule has 0 saturated heterocycles. The number of hydrogen-bond donors (Lipinski definition) is 2. The van der Waals surface area contributed by atoms with Crippen LogP contribution in [0.4, 0.5) is 0 Å². The first-order valence-electron chi connectivity index (χ1n) is 6.80. The molecule has 1 unspecified atom stereocenters. The van der Waals surface area contributed by atoms with E-state index in [1.165, 1.54) is 12.1 Å². The van der Waals surface area contributed by atoms with Crippen molar-refractivity contribution in [3.8, 4) is 5.75 Å². The average molecular weight is 300 g/mol. The molecule has 1 atom stereocenters. The predicted octanol–water partition coefficient (Wildman–Crippen LogP) is 1.74. The first-order chi connectivity index (χ1) is 9.35. The molecule has 0 fully saturated rings. The van der Waals surface area contributed by atoms with E-state index < -0.39 is 10.0 Å². The van der Waals surface area contributed by atoms with Gasteiger partial charge in [-0.1, -0.05) is 13.8 Å². The third-order valence-electron chi connectivity index (χ3n) is 2.70. The first-order valence-corrected chi connectivity index (χ1v) is 8.28. The monoisotopic (exact) mass is 300 g/mol. The van der Waals surface area contributed by atoms with E-state index in [1.54, 1.807) is 12.1 Å².